The molecule has 2 rings (SSSR count). The van der Waals surface area contributed by atoms with Gasteiger partial charge in [-0.3, -0.25) is 9.78 Å². The number of pyridine rings is 1. The summed E-state index contributed by atoms with van der Waals surface area (Å²) in [6.07, 6.45) is 6.60. The molecule has 0 saturated heterocycles. The van der Waals surface area contributed by atoms with Crippen LogP contribution in [0.2, 0.25) is 0 Å². The van der Waals surface area contributed by atoms with Crippen molar-refractivity contribution in [1.29, 1.82) is 0 Å². The van der Waals surface area contributed by atoms with Gasteiger partial charge >= 0.3 is 0 Å². The van der Waals surface area contributed by atoms with Crippen LogP contribution in [0.3, 0.4) is 0 Å². The Morgan fingerprint density at radius 2 is 2.14 bits per heavy atom. The second kappa shape index (κ2) is 7.74. The van der Waals surface area contributed by atoms with Crippen molar-refractivity contribution in [2.45, 2.75) is 6.92 Å². The first-order valence-corrected chi connectivity index (χ1v) is 6.64. The highest BCUT2D eigenvalue weighted by Crippen LogP contribution is 2.00. The van der Waals surface area contributed by atoms with Crippen molar-refractivity contribution in [2.24, 2.45) is 0 Å². The van der Waals surface area contributed by atoms with Crippen LogP contribution in [0.25, 0.3) is 6.08 Å². The van der Waals surface area contributed by atoms with Gasteiger partial charge in [0.1, 0.15) is 5.82 Å². The van der Waals surface area contributed by atoms with E-state index in [9.17, 15) is 4.79 Å². The molecule has 2 aromatic rings. The van der Waals surface area contributed by atoms with E-state index in [4.69, 9.17) is 0 Å². The number of nitrogens with one attached hydrogen (secondary N) is 2. The van der Waals surface area contributed by atoms with Gasteiger partial charge in [-0.1, -0.05) is 6.07 Å². The Morgan fingerprint density at radius 1 is 1.24 bits per heavy atom. The quantitative estimate of drug-likeness (QED) is 0.619. The van der Waals surface area contributed by atoms with Gasteiger partial charge in [-0.25, -0.2) is 0 Å². The van der Waals surface area contributed by atoms with Gasteiger partial charge in [0.2, 0.25) is 5.91 Å². The van der Waals surface area contributed by atoms with Crippen molar-refractivity contribution < 1.29 is 4.79 Å². The van der Waals surface area contributed by atoms with Crippen LogP contribution >= 0.6 is 0 Å². The third kappa shape index (κ3) is 5.40. The predicted octanol–water partition coefficient (Wildman–Crippen LogP) is 1.42. The van der Waals surface area contributed by atoms with Crippen molar-refractivity contribution >= 4 is 17.8 Å². The molecule has 0 spiro atoms. The molecule has 0 atom stereocenters. The fraction of sp³-hybridized carbons (Fsp3) is 0.200. The molecule has 0 aliphatic rings. The van der Waals surface area contributed by atoms with Gasteiger partial charge in [-0.05, 0) is 36.8 Å². The van der Waals surface area contributed by atoms with E-state index in [1.54, 1.807) is 18.5 Å². The SMILES string of the molecule is Cc1ccc(NCCNC(=O)/C=C/c2cccnc2)nn1. The number of carbonyl (C=O) groups excluding carboxylic acids is 1. The van der Waals surface area contributed by atoms with E-state index in [2.05, 4.69) is 25.8 Å². The average Bonchev–Trinajstić information content (AvgIpc) is 2.52. The number of rotatable bonds is 6. The minimum Gasteiger partial charge on any atom is -0.367 e. The standard InChI is InChI=1S/C15H17N5O/c1-12-4-6-14(20-19-12)17-9-10-18-15(21)7-5-13-3-2-8-16-11-13/h2-8,11H,9-10H2,1H3,(H,17,20)(H,18,21)/b7-5+. The first kappa shape index (κ1) is 14.6. The first-order valence-electron chi connectivity index (χ1n) is 6.64. The summed E-state index contributed by atoms with van der Waals surface area (Å²) in [6.45, 7) is 2.97. The summed E-state index contributed by atoms with van der Waals surface area (Å²) in [4.78, 5) is 15.6. The van der Waals surface area contributed by atoms with Gasteiger partial charge in [0, 0.05) is 31.6 Å². The van der Waals surface area contributed by atoms with Crippen molar-refractivity contribution in [3.63, 3.8) is 0 Å². The molecule has 0 aliphatic carbocycles. The fourth-order valence-electron chi connectivity index (χ4n) is 1.57. The lowest BCUT2D eigenvalue weighted by Crippen LogP contribution is -2.27. The van der Waals surface area contributed by atoms with Gasteiger partial charge in [-0.15, -0.1) is 5.10 Å². The molecule has 108 valence electrons. The second-order valence-electron chi connectivity index (χ2n) is 4.40. The molecule has 0 bridgehead atoms. The molecule has 2 heterocycles. The van der Waals surface area contributed by atoms with Gasteiger partial charge < -0.3 is 10.6 Å². The monoisotopic (exact) mass is 283 g/mol. The number of amides is 1. The molecule has 6 nitrogen and oxygen atoms in total. The van der Waals surface area contributed by atoms with E-state index in [1.807, 2.05) is 31.2 Å². The Kier molecular flexibility index (Phi) is 5.40. The Balaban J connectivity index is 1.67. The zero-order chi connectivity index (χ0) is 14.9. The van der Waals surface area contributed by atoms with Gasteiger partial charge in [0.15, 0.2) is 0 Å². The van der Waals surface area contributed by atoms with Crippen molar-refractivity contribution in [1.82, 2.24) is 20.5 Å². The van der Waals surface area contributed by atoms with Crippen LogP contribution in [0, 0.1) is 6.92 Å². The summed E-state index contributed by atoms with van der Waals surface area (Å²) in [5, 5.41) is 13.8. The van der Waals surface area contributed by atoms with E-state index in [0.717, 1.165) is 11.3 Å². The zero-order valence-corrected chi connectivity index (χ0v) is 11.8. The Labute approximate surface area is 123 Å². The van der Waals surface area contributed by atoms with E-state index in [1.165, 1.54) is 6.08 Å². The number of aryl methyl sites for hydroxylation is 1. The Hall–Kier alpha value is -2.76. The van der Waals surface area contributed by atoms with Crippen LogP contribution in [0.4, 0.5) is 5.82 Å². The number of hydrogen-bond acceptors (Lipinski definition) is 5. The molecule has 0 unspecified atom stereocenters. The highest BCUT2D eigenvalue weighted by Gasteiger charge is 1.96. The maximum absolute atomic E-state index is 11.6. The molecular weight excluding hydrogens is 266 g/mol. The van der Waals surface area contributed by atoms with Crippen molar-refractivity contribution in [2.75, 3.05) is 18.4 Å². The van der Waals surface area contributed by atoms with Crippen LogP contribution in [0.1, 0.15) is 11.3 Å². The molecule has 21 heavy (non-hydrogen) atoms. The molecule has 0 saturated carbocycles. The van der Waals surface area contributed by atoms with Crippen LogP contribution in [-0.2, 0) is 4.79 Å². The second-order valence-corrected chi connectivity index (χ2v) is 4.40. The third-order valence-electron chi connectivity index (χ3n) is 2.64. The molecule has 2 N–H and O–H groups in total. The number of hydrogen-bond donors (Lipinski definition) is 2. The Morgan fingerprint density at radius 3 is 2.86 bits per heavy atom. The molecule has 1 amide bonds. The van der Waals surface area contributed by atoms with Gasteiger partial charge in [0.05, 0.1) is 5.69 Å². The summed E-state index contributed by atoms with van der Waals surface area (Å²) in [6, 6.07) is 7.44. The van der Waals surface area contributed by atoms with E-state index in [-0.39, 0.29) is 5.91 Å². The lowest BCUT2D eigenvalue weighted by atomic mass is 10.2. The zero-order valence-electron chi connectivity index (χ0n) is 11.8. The highest BCUT2D eigenvalue weighted by molar-refractivity contribution is 5.91. The maximum atomic E-state index is 11.6. The molecule has 0 aromatic carbocycles. The predicted molar refractivity (Wildman–Crippen MR) is 81.5 cm³/mol. The lowest BCUT2D eigenvalue weighted by molar-refractivity contribution is -0.116. The molecule has 0 fully saturated rings. The topological polar surface area (TPSA) is 79.8 Å². The summed E-state index contributed by atoms with van der Waals surface area (Å²) in [7, 11) is 0. The molecular formula is C15H17N5O. The van der Waals surface area contributed by atoms with E-state index >= 15 is 0 Å². The fourth-order valence-corrected chi connectivity index (χ4v) is 1.57. The summed E-state index contributed by atoms with van der Waals surface area (Å²) in [5.74, 6) is 0.552. The average molecular weight is 283 g/mol. The molecule has 0 radical (unpaired) electrons. The number of carbonyl (C=O) groups is 1. The van der Waals surface area contributed by atoms with E-state index < -0.39 is 0 Å². The Bertz CT molecular complexity index is 595. The minimum absolute atomic E-state index is 0.143. The van der Waals surface area contributed by atoms with Crippen molar-refractivity contribution in [3.05, 3.63) is 54.0 Å². The smallest absolute Gasteiger partial charge is 0.244 e. The number of nitrogens with zero attached hydrogens (tertiary/aromatic N) is 3. The van der Waals surface area contributed by atoms with Gasteiger partial charge in [-0.2, -0.15) is 5.10 Å². The third-order valence-corrected chi connectivity index (χ3v) is 2.64. The largest absolute Gasteiger partial charge is 0.367 e. The molecule has 6 heteroatoms. The highest BCUT2D eigenvalue weighted by atomic mass is 16.1. The van der Waals surface area contributed by atoms with Crippen LogP contribution in [0.15, 0.2) is 42.7 Å². The van der Waals surface area contributed by atoms with Crippen LogP contribution in [0.5, 0.6) is 0 Å². The normalized spacial score (nSPS) is 10.5. The minimum atomic E-state index is -0.143. The molecule has 2 aromatic heterocycles. The van der Waals surface area contributed by atoms with Crippen LogP contribution in [-0.4, -0.2) is 34.2 Å². The lowest BCUT2D eigenvalue weighted by Gasteiger charge is -2.05. The van der Waals surface area contributed by atoms with Crippen LogP contribution < -0.4 is 10.6 Å². The molecule has 0 aliphatic heterocycles. The maximum Gasteiger partial charge on any atom is 0.244 e. The number of anilines is 1. The summed E-state index contributed by atoms with van der Waals surface area (Å²) < 4.78 is 0. The first-order chi connectivity index (χ1) is 10.2. The van der Waals surface area contributed by atoms with E-state index in [0.29, 0.717) is 18.9 Å². The van der Waals surface area contributed by atoms with Crippen molar-refractivity contribution in [3.8, 4) is 0 Å². The number of aromatic nitrogens is 3. The van der Waals surface area contributed by atoms with Gasteiger partial charge in [0.25, 0.3) is 0 Å². The summed E-state index contributed by atoms with van der Waals surface area (Å²) in [5.41, 5.74) is 1.76. The summed E-state index contributed by atoms with van der Waals surface area (Å²) >= 11 is 0.